The van der Waals surface area contributed by atoms with Crippen LogP contribution in [0, 0.1) is 18.6 Å². The molecule has 3 aromatic rings. The summed E-state index contributed by atoms with van der Waals surface area (Å²) in [6, 6.07) is 8.20. The van der Waals surface area contributed by atoms with Crippen molar-refractivity contribution in [1.29, 1.82) is 0 Å². The van der Waals surface area contributed by atoms with E-state index in [1.807, 2.05) is 13.0 Å². The van der Waals surface area contributed by atoms with E-state index < -0.39 is 0 Å². The van der Waals surface area contributed by atoms with Gasteiger partial charge in [-0.1, -0.05) is 6.07 Å². The summed E-state index contributed by atoms with van der Waals surface area (Å²) in [4.78, 5) is 11.8. The maximum absolute atomic E-state index is 5.39. The quantitative estimate of drug-likeness (QED) is 0.728. The van der Waals surface area contributed by atoms with Crippen LogP contribution in [-0.2, 0) is 6.54 Å². The molecule has 0 aliphatic heterocycles. The highest BCUT2D eigenvalue weighted by Crippen LogP contribution is 2.16. The van der Waals surface area contributed by atoms with Crippen LogP contribution in [0.2, 0.25) is 0 Å². The van der Waals surface area contributed by atoms with Crippen LogP contribution in [0.4, 0.5) is 0 Å². The molecule has 0 aliphatic carbocycles. The van der Waals surface area contributed by atoms with Gasteiger partial charge in [-0.3, -0.25) is 0 Å². The summed E-state index contributed by atoms with van der Waals surface area (Å²) in [6.07, 6.45) is 1.78. The molecule has 0 radical (unpaired) electrons. The number of nitrogens with one attached hydrogen (secondary N) is 1. The second-order valence-electron chi connectivity index (χ2n) is 4.63. The third-order valence-corrected chi connectivity index (χ3v) is 3.41. The number of aromatic amines is 1. The molecular formula is C14H14N4S. The molecule has 3 rings (SSSR count). The number of benzene rings is 1. The Hall–Kier alpha value is -2.01. The van der Waals surface area contributed by atoms with Crippen LogP contribution in [0.3, 0.4) is 0 Å². The van der Waals surface area contributed by atoms with E-state index in [2.05, 4.69) is 44.6 Å². The van der Waals surface area contributed by atoms with Crippen molar-refractivity contribution >= 4 is 23.3 Å². The number of nitrogens with zero attached hydrogens (tertiary/aromatic N) is 3. The van der Waals surface area contributed by atoms with Crippen LogP contribution in [0.15, 0.2) is 30.5 Å². The number of H-pyrrole nitrogens is 1. The second kappa shape index (κ2) is 4.59. The van der Waals surface area contributed by atoms with E-state index in [9.17, 15) is 0 Å². The van der Waals surface area contributed by atoms with Gasteiger partial charge in [0.25, 0.3) is 0 Å². The van der Waals surface area contributed by atoms with Gasteiger partial charge in [-0.2, -0.15) is 0 Å². The fourth-order valence-electron chi connectivity index (χ4n) is 2.19. The van der Waals surface area contributed by atoms with Crippen molar-refractivity contribution in [3.63, 3.8) is 0 Å². The number of aromatic nitrogens is 4. The van der Waals surface area contributed by atoms with Crippen molar-refractivity contribution in [1.82, 2.24) is 19.5 Å². The molecule has 96 valence electrons. The molecule has 0 spiro atoms. The van der Waals surface area contributed by atoms with Gasteiger partial charge in [0, 0.05) is 6.20 Å². The molecule has 0 amide bonds. The van der Waals surface area contributed by atoms with Gasteiger partial charge >= 0.3 is 0 Å². The van der Waals surface area contributed by atoms with E-state index in [1.165, 1.54) is 5.56 Å². The van der Waals surface area contributed by atoms with Gasteiger partial charge < -0.3 is 9.55 Å². The third kappa shape index (κ3) is 2.29. The Morgan fingerprint density at radius 3 is 2.89 bits per heavy atom. The minimum absolute atomic E-state index is 0.658. The molecule has 0 atom stereocenters. The van der Waals surface area contributed by atoms with Crippen LogP contribution >= 0.6 is 12.2 Å². The molecule has 2 aromatic heterocycles. The Kier molecular flexibility index (Phi) is 2.91. The Balaban J connectivity index is 2.10. The molecular weight excluding hydrogens is 256 g/mol. The van der Waals surface area contributed by atoms with Crippen molar-refractivity contribution in [2.75, 3.05) is 0 Å². The summed E-state index contributed by atoms with van der Waals surface area (Å²) < 4.78 is 2.78. The van der Waals surface area contributed by atoms with Crippen LogP contribution in [0.5, 0.6) is 0 Å². The fraction of sp³-hybridized carbons (Fsp3) is 0.214. The maximum Gasteiger partial charge on any atom is 0.178 e. The third-order valence-electron chi connectivity index (χ3n) is 3.08. The molecule has 0 unspecified atom stereocenters. The lowest BCUT2D eigenvalue weighted by molar-refractivity contribution is 0.773. The summed E-state index contributed by atoms with van der Waals surface area (Å²) in [5.41, 5.74) is 4.35. The minimum atomic E-state index is 0.658. The van der Waals surface area contributed by atoms with Crippen molar-refractivity contribution in [3.05, 3.63) is 52.3 Å². The normalized spacial score (nSPS) is 11.1. The Bertz CT molecular complexity index is 801. The Morgan fingerprint density at radius 1 is 1.26 bits per heavy atom. The van der Waals surface area contributed by atoms with E-state index in [-0.39, 0.29) is 0 Å². The molecule has 2 heterocycles. The summed E-state index contributed by atoms with van der Waals surface area (Å²) in [5.74, 6) is 0.778. The molecule has 0 saturated heterocycles. The first-order valence-corrected chi connectivity index (χ1v) is 6.52. The smallest absolute Gasteiger partial charge is 0.178 e. The van der Waals surface area contributed by atoms with Crippen LogP contribution in [0.25, 0.3) is 11.0 Å². The number of hydrogen-bond acceptors (Lipinski definition) is 3. The van der Waals surface area contributed by atoms with Gasteiger partial charge in [-0.25, -0.2) is 9.97 Å². The van der Waals surface area contributed by atoms with Gasteiger partial charge in [0.2, 0.25) is 0 Å². The lowest BCUT2D eigenvalue weighted by atomic mass is 10.2. The van der Waals surface area contributed by atoms with Crippen LogP contribution < -0.4 is 0 Å². The van der Waals surface area contributed by atoms with Gasteiger partial charge in [0.05, 0.1) is 23.3 Å². The molecule has 4 nitrogen and oxygen atoms in total. The van der Waals surface area contributed by atoms with Crippen LogP contribution in [-0.4, -0.2) is 19.5 Å². The first-order valence-electron chi connectivity index (χ1n) is 6.11. The van der Waals surface area contributed by atoms with E-state index >= 15 is 0 Å². The van der Waals surface area contributed by atoms with Gasteiger partial charge in [0.15, 0.2) is 4.77 Å². The first kappa shape index (κ1) is 12.0. The topological polar surface area (TPSA) is 46.5 Å². The van der Waals surface area contributed by atoms with Gasteiger partial charge in [-0.05, 0) is 49.8 Å². The summed E-state index contributed by atoms with van der Waals surface area (Å²) in [7, 11) is 0. The molecule has 5 heteroatoms. The number of fused-ring (bicyclic) bond motifs is 1. The Morgan fingerprint density at radius 2 is 2.11 bits per heavy atom. The molecule has 19 heavy (non-hydrogen) atoms. The van der Waals surface area contributed by atoms with E-state index in [0.29, 0.717) is 6.54 Å². The molecule has 0 fully saturated rings. The predicted octanol–water partition coefficient (Wildman–Crippen LogP) is 3.15. The zero-order valence-electron chi connectivity index (χ0n) is 10.8. The standard InChI is InChI=1S/C14H14N4S/c1-9-3-4-13-12(7-9)17-14(19)18(13)8-11-5-6-15-10(2)16-11/h3-7H,8H2,1-2H3,(H,17,19). The van der Waals surface area contributed by atoms with Crippen molar-refractivity contribution in [2.45, 2.75) is 20.4 Å². The average Bonchev–Trinajstić information content (AvgIpc) is 2.65. The molecule has 0 aliphatic rings. The highest BCUT2D eigenvalue weighted by molar-refractivity contribution is 7.71. The second-order valence-corrected chi connectivity index (χ2v) is 5.02. The van der Waals surface area contributed by atoms with Crippen molar-refractivity contribution in [3.8, 4) is 0 Å². The van der Waals surface area contributed by atoms with Crippen molar-refractivity contribution < 1.29 is 0 Å². The van der Waals surface area contributed by atoms with Crippen LogP contribution in [0.1, 0.15) is 17.1 Å². The number of imidazole rings is 1. The molecule has 0 saturated carbocycles. The number of aryl methyl sites for hydroxylation is 2. The lowest BCUT2D eigenvalue weighted by Crippen LogP contribution is -2.03. The van der Waals surface area contributed by atoms with E-state index in [0.717, 1.165) is 27.3 Å². The zero-order valence-corrected chi connectivity index (χ0v) is 11.7. The summed E-state index contributed by atoms with van der Waals surface area (Å²) >= 11 is 5.39. The van der Waals surface area contributed by atoms with Gasteiger partial charge in [-0.15, -0.1) is 0 Å². The highest BCUT2D eigenvalue weighted by Gasteiger charge is 2.06. The summed E-state index contributed by atoms with van der Waals surface area (Å²) in [5, 5.41) is 0. The zero-order chi connectivity index (χ0) is 13.4. The van der Waals surface area contributed by atoms with E-state index in [4.69, 9.17) is 12.2 Å². The lowest BCUT2D eigenvalue weighted by Gasteiger charge is -2.04. The molecule has 0 bridgehead atoms. The molecule has 1 N–H and O–H groups in total. The van der Waals surface area contributed by atoms with Gasteiger partial charge in [0.1, 0.15) is 5.82 Å². The fourth-order valence-corrected chi connectivity index (χ4v) is 2.46. The predicted molar refractivity (Wildman–Crippen MR) is 77.7 cm³/mol. The molecule has 1 aromatic carbocycles. The monoisotopic (exact) mass is 270 g/mol. The minimum Gasteiger partial charge on any atom is -0.331 e. The number of rotatable bonds is 2. The van der Waals surface area contributed by atoms with E-state index in [1.54, 1.807) is 6.20 Å². The van der Waals surface area contributed by atoms with Crippen molar-refractivity contribution in [2.24, 2.45) is 0 Å². The SMILES string of the molecule is Cc1ccc2c(c1)[nH]c(=S)n2Cc1ccnc(C)n1. The first-order chi connectivity index (χ1) is 9.13. The average molecular weight is 270 g/mol. The number of hydrogen-bond donors (Lipinski definition) is 1. The highest BCUT2D eigenvalue weighted by atomic mass is 32.1. The largest absolute Gasteiger partial charge is 0.331 e. The summed E-state index contributed by atoms with van der Waals surface area (Å²) in [6.45, 7) is 4.62. The Labute approximate surface area is 116 Å². The maximum atomic E-state index is 5.39.